The zero-order valence-electron chi connectivity index (χ0n) is 14.6. The third-order valence-electron chi connectivity index (χ3n) is 4.49. The Labute approximate surface area is 152 Å². The fourth-order valence-corrected chi connectivity index (χ4v) is 3.10. The van der Waals surface area contributed by atoms with Gasteiger partial charge >= 0.3 is 0 Å². The number of hydrogen-bond acceptors (Lipinski definition) is 3. The first kappa shape index (κ1) is 18.2. The Hall–Kier alpha value is -2.63. The van der Waals surface area contributed by atoms with Crippen LogP contribution in [0, 0.1) is 11.6 Å². The van der Waals surface area contributed by atoms with Crippen LogP contribution in [0.1, 0.15) is 25.7 Å². The number of nitrogens with zero attached hydrogens (tertiary/aromatic N) is 1. The summed E-state index contributed by atoms with van der Waals surface area (Å²) in [6.07, 6.45) is 3.83. The monoisotopic (exact) mass is 359 g/mol. The van der Waals surface area contributed by atoms with Crippen LogP contribution in [0.2, 0.25) is 0 Å². The molecule has 0 radical (unpaired) electrons. The van der Waals surface area contributed by atoms with Gasteiger partial charge in [-0.05, 0) is 55.7 Å². The van der Waals surface area contributed by atoms with Crippen LogP contribution in [0.25, 0.3) is 0 Å². The summed E-state index contributed by atoms with van der Waals surface area (Å²) < 4.78 is 27.0. The number of carbonyl (C=O) groups excluding carboxylic acids is 1. The van der Waals surface area contributed by atoms with E-state index in [0.29, 0.717) is 5.69 Å². The first-order chi connectivity index (χ1) is 12.6. The molecule has 0 aliphatic carbocycles. The number of rotatable bonds is 6. The summed E-state index contributed by atoms with van der Waals surface area (Å²) in [4.78, 5) is 14.4. The van der Waals surface area contributed by atoms with Gasteiger partial charge in [0.2, 0.25) is 5.91 Å². The van der Waals surface area contributed by atoms with Crippen LogP contribution in [0.5, 0.6) is 0 Å². The van der Waals surface area contributed by atoms with Gasteiger partial charge in [0, 0.05) is 37.4 Å². The molecule has 2 aromatic rings. The van der Waals surface area contributed by atoms with Crippen molar-refractivity contribution in [1.29, 1.82) is 0 Å². The average Bonchev–Trinajstić information content (AvgIpc) is 2.65. The summed E-state index contributed by atoms with van der Waals surface area (Å²) in [6, 6.07) is 11.4. The van der Waals surface area contributed by atoms with Gasteiger partial charge in [-0.15, -0.1) is 0 Å². The molecule has 1 amide bonds. The summed E-state index contributed by atoms with van der Waals surface area (Å²) in [7, 11) is 0. The van der Waals surface area contributed by atoms with Crippen molar-refractivity contribution in [1.82, 2.24) is 0 Å². The minimum Gasteiger partial charge on any atom is -0.380 e. The molecule has 2 N–H and O–H groups in total. The number of carbonyl (C=O) groups is 1. The highest BCUT2D eigenvalue weighted by Gasteiger charge is 2.11. The molecule has 0 unspecified atom stereocenters. The Kier molecular flexibility index (Phi) is 6.04. The van der Waals surface area contributed by atoms with E-state index in [4.69, 9.17) is 0 Å². The fourth-order valence-electron chi connectivity index (χ4n) is 3.10. The van der Waals surface area contributed by atoms with Crippen molar-refractivity contribution in [3.63, 3.8) is 0 Å². The Bertz CT molecular complexity index is 723. The van der Waals surface area contributed by atoms with Crippen molar-refractivity contribution in [3.05, 3.63) is 54.1 Å². The van der Waals surface area contributed by atoms with Gasteiger partial charge in [0.1, 0.15) is 17.3 Å². The number of piperidine rings is 1. The van der Waals surface area contributed by atoms with Crippen LogP contribution >= 0.6 is 0 Å². The van der Waals surface area contributed by atoms with E-state index < -0.39 is 11.6 Å². The lowest BCUT2D eigenvalue weighted by atomic mass is 10.1. The third-order valence-corrected chi connectivity index (χ3v) is 4.49. The predicted octanol–water partition coefficient (Wildman–Crippen LogP) is 4.40. The predicted molar refractivity (Wildman–Crippen MR) is 101 cm³/mol. The molecule has 0 atom stereocenters. The Morgan fingerprint density at radius 1 is 0.962 bits per heavy atom. The van der Waals surface area contributed by atoms with E-state index in [-0.39, 0.29) is 24.6 Å². The van der Waals surface area contributed by atoms with E-state index in [1.807, 2.05) is 24.3 Å². The van der Waals surface area contributed by atoms with Gasteiger partial charge in [0.15, 0.2) is 0 Å². The number of nitrogens with one attached hydrogen (secondary N) is 2. The molecule has 0 saturated carbocycles. The second-order valence-electron chi connectivity index (χ2n) is 6.42. The molecular weight excluding hydrogens is 336 g/mol. The molecule has 4 nitrogen and oxygen atoms in total. The van der Waals surface area contributed by atoms with Gasteiger partial charge in [-0.25, -0.2) is 8.78 Å². The molecule has 0 aromatic heterocycles. The van der Waals surface area contributed by atoms with Gasteiger partial charge in [-0.1, -0.05) is 6.07 Å². The van der Waals surface area contributed by atoms with E-state index in [1.165, 1.54) is 43.1 Å². The smallest absolute Gasteiger partial charge is 0.226 e. The lowest BCUT2D eigenvalue weighted by molar-refractivity contribution is -0.115. The lowest BCUT2D eigenvalue weighted by Gasteiger charge is -2.28. The minimum absolute atomic E-state index is 0.113. The molecular formula is C20H23F2N3O. The molecule has 1 fully saturated rings. The lowest BCUT2D eigenvalue weighted by Crippen LogP contribution is -2.29. The van der Waals surface area contributed by atoms with Crippen molar-refractivity contribution in [2.75, 3.05) is 35.2 Å². The molecule has 0 spiro atoms. The Morgan fingerprint density at radius 2 is 1.62 bits per heavy atom. The van der Waals surface area contributed by atoms with Crippen LogP contribution < -0.4 is 15.5 Å². The molecule has 1 aliphatic heterocycles. The van der Waals surface area contributed by atoms with Crippen LogP contribution in [-0.4, -0.2) is 25.5 Å². The van der Waals surface area contributed by atoms with E-state index in [1.54, 1.807) is 0 Å². The normalized spacial score (nSPS) is 14.2. The summed E-state index contributed by atoms with van der Waals surface area (Å²) >= 11 is 0. The Balaban J connectivity index is 1.47. The van der Waals surface area contributed by atoms with Crippen molar-refractivity contribution in [2.24, 2.45) is 0 Å². The molecule has 2 aromatic carbocycles. The van der Waals surface area contributed by atoms with Gasteiger partial charge in [0.25, 0.3) is 0 Å². The molecule has 138 valence electrons. The maximum atomic E-state index is 13.5. The number of hydrogen-bond donors (Lipinski definition) is 2. The van der Waals surface area contributed by atoms with Crippen LogP contribution in [0.3, 0.4) is 0 Å². The van der Waals surface area contributed by atoms with Crippen LogP contribution in [0.4, 0.5) is 25.8 Å². The van der Waals surface area contributed by atoms with Crippen molar-refractivity contribution in [3.8, 4) is 0 Å². The molecule has 3 rings (SSSR count). The minimum atomic E-state index is -0.668. The quantitative estimate of drug-likeness (QED) is 0.804. The summed E-state index contributed by atoms with van der Waals surface area (Å²) in [5, 5.41) is 5.44. The number of amides is 1. The molecule has 6 heteroatoms. The summed E-state index contributed by atoms with van der Waals surface area (Å²) in [5.74, 6) is -1.54. The van der Waals surface area contributed by atoms with Crippen molar-refractivity contribution in [2.45, 2.75) is 25.7 Å². The summed E-state index contributed by atoms with van der Waals surface area (Å²) in [6.45, 7) is 2.30. The zero-order valence-corrected chi connectivity index (χ0v) is 14.6. The maximum absolute atomic E-state index is 13.5. The topological polar surface area (TPSA) is 44.4 Å². The fraction of sp³-hybridized carbons (Fsp3) is 0.350. The first-order valence-corrected chi connectivity index (χ1v) is 8.96. The molecule has 1 heterocycles. The summed E-state index contributed by atoms with van der Waals surface area (Å²) in [5.41, 5.74) is 1.68. The van der Waals surface area contributed by atoms with Gasteiger partial charge in [0.05, 0.1) is 0 Å². The first-order valence-electron chi connectivity index (χ1n) is 8.96. The van der Waals surface area contributed by atoms with Gasteiger partial charge in [-0.2, -0.15) is 0 Å². The number of benzene rings is 2. The SMILES string of the molecule is O=C(CCNc1c(F)cccc1F)Nc1ccc(N2CCCCC2)cc1. The molecule has 1 aliphatic rings. The van der Waals surface area contributed by atoms with E-state index in [9.17, 15) is 13.6 Å². The second kappa shape index (κ2) is 8.65. The second-order valence-corrected chi connectivity index (χ2v) is 6.42. The van der Waals surface area contributed by atoms with Crippen molar-refractivity contribution >= 4 is 23.0 Å². The number of para-hydroxylation sites is 1. The largest absolute Gasteiger partial charge is 0.380 e. The van der Waals surface area contributed by atoms with E-state index >= 15 is 0 Å². The van der Waals surface area contributed by atoms with E-state index in [2.05, 4.69) is 15.5 Å². The van der Waals surface area contributed by atoms with Crippen LogP contribution in [0.15, 0.2) is 42.5 Å². The highest BCUT2D eigenvalue weighted by atomic mass is 19.1. The Morgan fingerprint density at radius 3 is 2.27 bits per heavy atom. The maximum Gasteiger partial charge on any atom is 0.226 e. The number of anilines is 3. The van der Waals surface area contributed by atoms with Gasteiger partial charge < -0.3 is 15.5 Å². The zero-order chi connectivity index (χ0) is 18.4. The molecule has 26 heavy (non-hydrogen) atoms. The molecule has 1 saturated heterocycles. The number of halogens is 2. The van der Waals surface area contributed by atoms with Gasteiger partial charge in [-0.3, -0.25) is 4.79 Å². The third kappa shape index (κ3) is 4.71. The van der Waals surface area contributed by atoms with E-state index in [0.717, 1.165) is 13.1 Å². The van der Waals surface area contributed by atoms with Crippen molar-refractivity contribution < 1.29 is 13.6 Å². The van der Waals surface area contributed by atoms with Crippen LogP contribution in [-0.2, 0) is 4.79 Å². The molecule has 0 bridgehead atoms. The standard InChI is InChI=1S/C20H23F2N3O/c21-17-5-4-6-18(22)20(17)23-12-11-19(26)24-15-7-9-16(10-8-15)25-13-2-1-3-14-25/h4-10,23H,1-3,11-14H2,(H,24,26). The highest BCUT2D eigenvalue weighted by Crippen LogP contribution is 2.22. The average molecular weight is 359 g/mol. The highest BCUT2D eigenvalue weighted by molar-refractivity contribution is 5.91.